The minimum atomic E-state index is -0.786. The summed E-state index contributed by atoms with van der Waals surface area (Å²) >= 11 is 0. The topological polar surface area (TPSA) is 38.7 Å². The molecule has 3 nitrogen and oxygen atoms in total. The largest absolute Gasteiger partial charge is 0.491 e. The summed E-state index contributed by atoms with van der Waals surface area (Å²) in [4.78, 5) is 0. The fourth-order valence-corrected chi connectivity index (χ4v) is 2.29. The lowest BCUT2D eigenvalue weighted by atomic mass is 9.72. The summed E-state index contributed by atoms with van der Waals surface area (Å²) in [5.41, 5.74) is 0.0913. The SMILES string of the molecule is COC1CC(O)(c2ccccc2OC(C)C)C1. The molecule has 1 aromatic rings. The number of hydrogen-bond donors (Lipinski definition) is 1. The van der Waals surface area contributed by atoms with Crippen molar-refractivity contribution in [2.45, 2.75) is 44.5 Å². The molecule has 0 amide bonds. The molecule has 0 heterocycles. The summed E-state index contributed by atoms with van der Waals surface area (Å²) in [5.74, 6) is 0.777. The Kier molecular flexibility index (Phi) is 3.40. The summed E-state index contributed by atoms with van der Waals surface area (Å²) in [6.07, 6.45) is 1.55. The minimum Gasteiger partial charge on any atom is -0.491 e. The van der Waals surface area contributed by atoms with Crippen molar-refractivity contribution in [2.24, 2.45) is 0 Å². The second-order valence-electron chi connectivity index (χ2n) is 4.96. The molecule has 1 fully saturated rings. The monoisotopic (exact) mass is 236 g/mol. The highest BCUT2D eigenvalue weighted by atomic mass is 16.5. The van der Waals surface area contributed by atoms with E-state index >= 15 is 0 Å². The average molecular weight is 236 g/mol. The molecule has 0 radical (unpaired) electrons. The smallest absolute Gasteiger partial charge is 0.125 e. The molecule has 0 saturated heterocycles. The molecule has 0 bridgehead atoms. The number of para-hydroxylation sites is 1. The van der Waals surface area contributed by atoms with E-state index in [1.54, 1.807) is 7.11 Å². The Morgan fingerprint density at radius 3 is 2.53 bits per heavy atom. The number of aliphatic hydroxyl groups is 1. The molecule has 17 heavy (non-hydrogen) atoms. The first kappa shape index (κ1) is 12.4. The first-order chi connectivity index (χ1) is 8.05. The average Bonchev–Trinajstić information content (AvgIpc) is 2.24. The van der Waals surface area contributed by atoms with E-state index in [4.69, 9.17) is 9.47 Å². The van der Waals surface area contributed by atoms with Crippen LogP contribution in [0.5, 0.6) is 5.75 Å². The Morgan fingerprint density at radius 1 is 1.29 bits per heavy atom. The number of ether oxygens (including phenoxy) is 2. The van der Waals surface area contributed by atoms with Crippen LogP contribution in [0.1, 0.15) is 32.3 Å². The molecule has 94 valence electrons. The van der Waals surface area contributed by atoms with Crippen LogP contribution in [-0.2, 0) is 10.3 Å². The van der Waals surface area contributed by atoms with Crippen LogP contribution in [0.15, 0.2) is 24.3 Å². The lowest BCUT2D eigenvalue weighted by Gasteiger charge is -2.43. The standard InChI is InChI=1S/C14H20O3/c1-10(2)17-13-7-5-4-6-12(13)14(15)8-11(9-14)16-3/h4-7,10-11,15H,8-9H2,1-3H3. The molecule has 0 atom stereocenters. The molecule has 0 spiro atoms. The van der Waals surface area contributed by atoms with Crippen molar-refractivity contribution in [1.29, 1.82) is 0 Å². The van der Waals surface area contributed by atoms with Crippen LogP contribution < -0.4 is 4.74 Å². The molecule has 0 unspecified atom stereocenters. The zero-order valence-electron chi connectivity index (χ0n) is 10.6. The van der Waals surface area contributed by atoms with Crippen LogP contribution in [0.4, 0.5) is 0 Å². The van der Waals surface area contributed by atoms with Gasteiger partial charge >= 0.3 is 0 Å². The summed E-state index contributed by atoms with van der Waals surface area (Å²) in [6.45, 7) is 3.97. The van der Waals surface area contributed by atoms with E-state index in [1.165, 1.54) is 0 Å². The van der Waals surface area contributed by atoms with Crippen LogP contribution in [0.3, 0.4) is 0 Å². The molecule has 2 rings (SSSR count). The van der Waals surface area contributed by atoms with E-state index in [-0.39, 0.29) is 12.2 Å². The van der Waals surface area contributed by atoms with Crippen molar-refractivity contribution >= 4 is 0 Å². The summed E-state index contributed by atoms with van der Waals surface area (Å²) in [6, 6.07) is 7.70. The highest BCUT2D eigenvalue weighted by Crippen LogP contribution is 2.46. The Labute approximate surface area is 102 Å². The zero-order chi connectivity index (χ0) is 12.5. The highest BCUT2D eigenvalue weighted by molar-refractivity contribution is 5.40. The number of methoxy groups -OCH3 is 1. The van der Waals surface area contributed by atoms with Gasteiger partial charge in [-0.1, -0.05) is 18.2 Å². The normalized spacial score (nSPS) is 27.9. The zero-order valence-corrected chi connectivity index (χ0v) is 10.6. The van der Waals surface area contributed by atoms with Crippen LogP contribution in [0.2, 0.25) is 0 Å². The van der Waals surface area contributed by atoms with Crippen molar-refractivity contribution < 1.29 is 14.6 Å². The lowest BCUT2D eigenvalue weighted by molar-refractivity contribution is -0.134. The van der Waals surface area contributed by atoms with Gasteiger partial charge < -0.3 is 14.6 Å². The molecular formula is C14H20O3. The van der Waals surface area contributed by atoms with Gasteiger partial charge in [-0.2, -0.15) is 0 Å². The van der Waals surface area contributed by atoms with Crippen LogP contribution in [-0.4, -0.2) is 24.4 Å². The third-order valence-corrected chi connectivity index (χ3v) is 3.22. The van der Waals surface area contributed by atoms with Gasteiger partial charge in [0.2, 0.25) is 0 Å². The maximum absolute atomic E-state index is 10.5. The summed E-state index contributed by atoms with van der Waals surface area (Å²) in [5, 5.41) is 10.5. The van der Waals surface area contributed by atoms with Gasteiger partial charge in [0.15, 0.2) is 0 Å². The third-order valence-electron chi connectivity index (χ3n) is 3.22. The number of rotatable bonds is 4. The summed E-state index contributed by atoms with van der Waals surface area (Å²) < 4.78 is 11.0. The summed E-state index contributed by atoms with van der Waals surface area (Å²) in [7, 11) is 1.68. The van der Waals surface area contributed by atoms with E-state index in [0.717, 1.165) is 11.3 Å². The van der Waals surface area contributed by atoms with E-state index in [9.17, 15) is 5.11 Å². The maximum Gasteiger partial charge on any atom is 0.125 e. The van der Waals surface area contributed by atoms with Gasteiger partial charge in [0.05, 0.1) is 17.8 Å². The van der Waals surface area contributed by atoms with Crippen molar-refractivity contribution in [1.82, 2.24) is 0 Å². The Bertz CT molecular complexity index is 381. The molecule has 1 aliphatic carbocycles. The molecule has 3 heteroatoms. The van der Waals surface area contributed by atoms with E-state index in [1.807, 2.05) is 38.1 Å². The van der Waals surface area contributed by atoms with E-state index in [2.05, 4.69) is 0 Å². The van der Waals surface area contributed by atoms with Gasteiger partial charge in [-0.3, -0.25) is 0 Å². The quantitative estimate of drug-likeness (QED) is 0.872. The van der Waals surface area contributed by atoms with Crippen molar-refractivity contribution in [2.75, 3.05) is 7.11 Å². The lowest BCUT2D eigenvalue weighted by Crippen LogP contribution is -2.45. The van der Waals surface area contributed by atoms with Gasteiger partial charge in [-0.25, -0.2) is 0 Å². The van der Waals surface area contributed by atoms with Gasteiger partial charge in [0, 0.05) is 25.5 Å². The number of hydrogen-bond acceptors (Lipinski definition) is 3. The predicted molar refractivity (Wildman–Crippen MR) is 66.1 cm³/mol. The molecule has 0 aromatic heterocycles. The third kappa shape index (κ3) is 2.45. The predicted octanol–water partition coefficient (Wildman–Crippen LogP) is 2.47. The molecule has 1 aliphatic rings. The molecule has 1 aromatic carbocycles. The second-order valence-corrected chi connectivity index (χ2v) is 4.96. The van der Waals surface area contributed by atoms with Crippen molar-refractivity contribution in [3.8, 4) is 5.75 Å². The van der Waals surface area contributed by atoms with Crippen LogP contribution in [0, 0.1) is 0 Å². The highest BCUT2D eigenvalue weighted by Gasteiger charge is 2.45. The Morgan fingerprint density at radius 2 is 1.94 bits per heavy atom. The first-order valence-corrected chi connectivity index (χ1v) is 6.06. The van der Waals surface area contributed by atoms with Crippen molar-refractivity contribution in [3.63, 3.8) is 0 Å². The van der Waals surface area contributed by atoms with Gasteiger partial charge in [-0.05, 0) is 19.9 Å². The van der Waals surface area contributed by atoms with Gasteiger partial charge in [0.1, 0.15) is 5.75 Å². The van der Waals surface area contributed by atoms with Crippen molar-refractivity contribution in [3.05, 3.63) is 29.8 Å². The maximum atomic E-state index is 10.5. The van der Waals surface area contributed by atoms with E-state index in [0.29, 0.717) is 12.8 Å². The Balaban J connectivity index is 2.21. The number of benzene rings is 1. The van der Waals surface area contributed by atoms with Crippen LogP contribution >= 0.6 is 0 Å². The first-order valence-electron chi connectivity index (χ1n) is 6.06. The molecule has 1 saturated carbocycles. The van der Waals surface area contributed by atoms with E-state index < -0.39 is 5.60 Å². The van der Waals surface area contributed by atoms with Crippen LogP contribution in [0.25, 0.3) is 0 Å². The molecular weight excluding hydrogens is 216 g/mol. The second kappa shape index (κ2) is 4.67. The fourth-order valence-electron chi connectivity index (χ4n) is 2.29. The van der Waals surface area contributed by atoms with Gasteiger partial charge in [-0.15, -0.1) is 0 Å². The molecule has 0 aliphatic heterocycles. The minimum absolute atomic E-state index is 0.109. The van der Waals surface area contributed by atoms with Gasteiger partial charge in [0.25, 0.3) is 0 Å². The molecule has 1 N–H and O–H groups in total. The Hall–Kier alpha value is -1.06. The fraction of sp³-hybridized carbons (Fsp3) is 0.571.